The molecule has 0 amide bonds. The Morgan fingerprint density at radius 3 is 2.39 bits per heavy atom. The molecule has 0 aromatic carbocycles. The number of rotatable bonds is 2. The summed E-state index contributed by atoms with van der Waals surface area (Å²) in [6, 6.07) is 0. The summed E-state index contributed by atoms with van der Waals surface area (Å²) >= 11 is 0. The summed E-state index contributed by atoms with van der Waals surface area (Å²) in [7, 11) is 0. The van der Waals surface area contributed by atoms with Crippen molar-refractivity contribution in [2.45, 2.75) is 79.1 Å². The standard InChI is InChI=1S/C20H34O2.K/c1-13(2)14-6-8-16-15(12-14)7-9-17-19(16,3)10-5-11-20(17,4)18(21)22;/h13-17H,5-12H2,1-4H3,(H,21,22);/q;+1/p-1/t14?,15?,16-,17?,19+,20+;/m0./s1. The van der Waals surface area contributed by atoms with Crippen LogP contribution in [-0.2, 0) is 4.79 Å². The fourth-order valence-corrected chi connectivity index (χ4v) is 6.72. The van der Waals surface area contributed by atoms with Gasteiger partial charge in [-0.1, -0.05) is 34.1 Å². The minimum Gasteiger partial charge on any atom is -0.550 e. The van der Waals surface area contributed by atoms with E-state index >= 15 is 0 Å². The SMILES string of the molecule is CC(C)C1CC[C@H]2C(CCC3[C@](C)(C(=O)[O-])CCC[C@@]32C)C1.[K+]. The van der Waals surface area contributed by atoms with Crippen LogP contribution in [0.15, 0.2) is 0 Å². The zero-order chi connectivity index (χ0) is 16.1. The van der Waals surface area contributed by atoms with Crippen molar-refractivity contribution in [2.24, 2.45) is 40.4 Å². The van der Waals surface area contributed by atoms with Crippen molar-refractivity contribution in [3.8, 4) is 0 Å². The van der Waals surface area contributed by atoms with E-state index in [0.29, 0.717) is 5.92 Å². The van der Waals surface area contributed by atoms with Crippen LogP contribution in [-0.4, -0.2) is 5.97 Å². The molecule has 0 spiro atoms. The van der Waals surface area contributed by atoms with Crippen LogP contribution in [0.2, 0.25) is 0 Å². The van der Waals surface area contributed by atoms with E-state index in [2.05, 4.69) is 20.8 Å². The van der Waals surface area contributed by atoms with Gasteiger partial charge >= 0.3 is 51.4 Å². The van der Waals surface area contributed by atoms with Gasteiger partial charge in [-0.25, -0.2) is 0 Å². The Bertz CT molecular complexity index is 449. The van der Waals surface area contributed by atoms with E-state index in [1.165, 1.54) is 32.1 Å². The van der Waals surface area contributed by atoms with E-state index in [4.69, 9.17) is 0 Å². The second kappa shape index (κ2) is 7.38. The second-order valence-electron chi connectivity index (χ2n) is 9.38. The van der Waals surface area contributed by atoms with Crippen molar-refractivity contribution in [3.05, 3.63) is 0 Å². The Morgan fingerprint density at radius 2 is 1.78 bits per heavy atom. The summed E-state index contributed by atoms with van der Waals surface area (Å²) in [5.41, 5.74) is -0.356. The van der Waals surface area contributed by atoms with Gasteiger partial charge in [0.1, 0.15) is 0 Å². The molecule has 0 aromatic rings. The van der Waals surface area contributed by atoms with E-state index in [9.17, 15) is 9.90 Å². The van der Waals surface area contributed by atoms with E-state index < -0.39 is 11.4 Å². The number of aliphatic carboxylic acids is 1. The van der Waals surface area contributed by atoms with Crippen molar-refractivity contribution in [2.75, 3.05) is 0 Å². The van der Waals surface area contributed by atoms with Crippen LogP contribution in [0.5, 0.6) is 0 Å². The molecular weight excluding hydrogens is 311 g/mol. The number of carboxylic acid groups (broad SMARTS) is 1. The van der Waals surface area contributed by atoms with Crippen molar-refractivity contribution in [1.29, 1.82) is 0 Å². The third kappa shape index (κ3) is 3.39. The molecule has 3 rings (SSSR count). The molecule has 3 saturated carbocycles. The van der Waals surface area contributed by atoms with E-state index in [1.807, 2.05) is 6.92 Å². The first kappa shape index (κ1) is 20.4. The van der Waals surface area contributed by atoms with Crippen LogP contribution >= 0.6 is 0 Å². The van der Waals surface area contributed by atoms with Crippen LogP contribution in [0, 0.1) is 40.4 Å². The van der Waals surface area contributed by atoms with Gasteiger partial charge in [-0.15, -0.1) is 0 Å². The van der Waals surface area contributed by atoms with Gasteiger partial charge in [0, 0.05) is 11.4 Å². The van der Waals surface area contributed by atoms with Gasteiger partial charge in [0.05, 0.1) is 0 Å². The Hall–Kier alpha value is 1.11. The third-order valence-corrected chi connectivity index (χ3v) is 8.08. The van der Waals surface area contributed by atoms with Crippen LogP contribution < -0.4 is 56.5 Å². The molecule has 2 nitrogen and oxygen atoms in total. The Balaban J connectivity index is 0.00000192. The van der Waals surface area contributed by atoms with Gasteiger partial charge in [0.15, 0.2) is 0 Å². The molecule has 3 heteroatoms. The van der Waals surface area contributed by atoms with Gasteiger partial charge in [0.2, 0.25) is 0 Å². The molecule has 126 valence electrons. The number of hydrogen-bond acceptors (Lipinski definition) is 2. The maximum Gasteiger partial charge on any atom is 1.00 e. The van der Waals surface area contributed by atoms with Gasteiger partial charge in [-0.2, -0.15) is 0 Å². The topological polar surface area (TPSA) is 40.1 Å². The minimum atomic E-state index is -0.794. The number of fused-ring (bicyclic) bond motifs is 3. The van der Waals surface area contributed by atoms with Crippen molar-refractivity contribution in [3.63, 3.8) is 0 Å². The zero-order valence-electron chi connectivity index (χ0n) is 15.9. The van der Waals surface area contributed by atoms with Gasteiger partial charge < -0.3 is 9.90 Å². The molecule has 6 atom stereocenters. The average Bonchev–Trinajstić information content (AvgIpc) is 2.46. The third-order valence-electron chi connectivity index (χ3n) is 8.08. The molecule has 0 saturated heterocycles. The summed E-state index contributed by atoms with van der Waals surface area (Å²) in [5.74, 6) is 2.81. The fraction of sp³-hybridized carbons (Fsp3) is 0.950. The zero-order valence-corrected chi connectivity index (χ0v) is 19.0. The molecule has 0 aromatic heterocycles. The first-order valence-electron chi connectivity index (χ1n) is 9.50. The van der Waals surface area contributed by atoms with Gasteiger partial charge in [-0.05, 0) is 80.0 Å². The molecule has 3 aliphatic carbocycles. The number of carboxylic acids is 1. The smallest absolute Gasteiger partial charge is 0.550 e. The van der Waals surface area contributed by atoms with Crippen molar-refractivity contribution >= 4 is 5.97 Å². The maximum absolute atomic E-state index is 11.9. The van der Waals surface area contributed by atoms with E-state index in [-0.39, 0.29) is 56.8 Å². The van der Waals surface area contributed by atoms with Crippen LogP contribution in [0.4, 0.5) is 0 Å². The number of carbonyl (C=O) groups is 1. The Kier molecular flexibility index (Phi) is 6.55. The average molecular weight is 345 g/mol. The molecule has 0 bridgehead atoms. The molecule has 0 N–H and O–H groups in total. The van der Waals surface area contributed by atoms with Crippen LogP contribution in [0.25, 0.3) is 0 Å². The predicted octanol–water partition coefficient (Wildman–Crippen LogP) is 1.04. The first-order valence-corrected chi connectivity index (χ1v) is 9.50. The summed E-state index contributed by atoms with van der Waals surface area (Å²) < 4.78 is 0. The Morgan fingerprint density at radius 1 is 1.09 bits per heavy atom. The molecular formula is C20H33KO2. The number of hydrogen-bond donors (Lipinski definition) is 0. The molecule has 23 heavy (non-hydrogen) atoms. The molecule has 3 fully saturated rings. The summed E-state index contributed by atoms with van der Waals surface area (Å²) in [6.45, 7) is 9.13. The van der Waals surface area contributed by atoms with Gasteiger partial charge in [0.25, 0.3) is 0 Å². The molecule has 3 aliphatic rings. The molecule has 0 radical (unpaired) electrons. The Labute approximate surface area is 185 Å². The molecule has 3 unspecified atom stereocenters. The van der Waals surface area contributed by atoms with Crippen LogP contribution in [0.3, 0.4) is 0 Å². The summed E-state index contributed by atoms with van der Waals surface area (Å²) in [6.07, 6.45) is 9.52. The fourth-order valence-electron chi connectivity index (χ4n) is 6.72. The largest absolute Gasteiger partial charge is 1.00 e. The minimum absolute atomic E-state index is 0. The van der Waals surface area contributed by atoms with Crippen molar-refractivity contribution in [1.82, 2.24) is 0 Å². The molecule has 0 heterocycles. The van der Waals surface area contributed by atoms with E-state index in [0.717, 1.165) is 42.9 Å². The van der Waals surface area contributed by atoms with Gasteiger partial charge in [-0.3, -0.25) is 0 Å². The summed E-state index contributed by atoms with van der Waals surface area (Å²) in [4.78, 5) is 11.9. The molecule has 0 aliphatic heterocycles. The normalized spacial score (nSPS) is 46.5. The number of carbonyl (C=O) groups excluding carboxylic acids is 1. The summed E-state index contributed by atoms with van der Waals surface area (Å²) in [5, 5.41) is 11.9. The second-order valence-corrected chi connectivity index (χ2v) is 9.38. The van der Waals surface area contributed by atoms with E-state index in [1.54, 1.807) is 0 Å². The quantitative estimate of drug-likeness (QED) is 0.702. The van der Waals surface area contributed by atoms with Crippen molar-refractivity contribution < 1.29 is 61.3 Å². The monoisotopic (exact) mass is 344 g/mol. The first-order chi connectivity index (χ1) is 10.3. The predicted molar refractivity (Wildman–Crippen MR) is 87.0 cm³/mol. The van der Waals surface area contributed by atoms with Crippen LogP contribution in [0.1, 0.15) is 79.1 Å². The maximum atomic E-state index is 11.9.